The molecule has 0 spiro atoms. The highest BCUT2D eigenvalue weighted by Gasteiger charge is 2.38. The zero-order valence-corrected chi connectivity index (χ0v) is 30.2. The number of hydrogen-bond donors (Lipinski definition) is 0. The maximum Gasteiger partial charge on any atom is 0.233 e. The number of hydrogen-bond acceptors (Lipinski definition) is 6. The first kappa shape index (κ1) is 33.1. The van der Waals surface area contributed by atoms with Gasteiger partial charge in [0.05, 0.1) is 34.3 Å². The molecular formula is C41H38N6O2S2. The van der Waals surface area contributed by atoms with E-state index in [1.165, 1.54) is 11.1 Å². The van der Waals surface area contributed by atoms with Gasteiger partial charge in [-0.2, -0.15) is 10.2 Å². The van der Waals surface area contributed by atoms with Crippen LogP contribution in [0.15, 0.2) is 122 Å². The molecule has 0 bridgehead atoms. The van der Waals surface area contributed by atoms with Crippen LogP contribution in [0.1, 0.15) is 39.4 Å². The van der Waals surface area contributed by atoms with Gasteiger partial charge >= 0.3 is 0 Å². The monoisotopic (exact) mass is 710 g/mol. The lowest BCUT2D eigenvalue weighted by molar-refractivity contribution is -0.128. The van der Waals surface area contributed by atoms with Gasteiger partial charge in [0.2, 0.25) is 11.8 Å². The second-order valence-electron chi connectivity index (χ2n) is 13.0. The fourth-order valence-electron chi connectivity index (χ4n) is 6.75. The number of carbonyl (C=O) groups is 2. The predicted octanol–water partition coefficient (Wildman–Crippen LogP) is 8.25. The molecule has 2 unspecified atom stereocenters. The summed E-state index contributed by atoms with van der Waals surface area (Å²) in [5, 5.41) is 9.73. The Morgan fingerprint density at radius 1 is 0.569 bits per heavy atom. The van der Waals surface area contributed by atoms with Crippen LogP contribution in [0.4, 0.5) is 0 Å². The van der Waals surface area contributed by atoms with Crippen LogP contribution in [0.25, 0.3) is 33.9 Å². The normalized spacial score (nSPS) is 17.5. The molecule has 0 radical (unpaired) electrons. The molecular weight excluding hydrogens is 673 g/mol. The van der Waals surface area contributed by atoms with E-state index in [0.29, 0.717) is 31.0 Å². The van der Waals surface area contributed by atoms with Crippen molar-refractivity contribution in [3.63, 3.8) is 0 Å². The Kier molecular flexibility index (Phi) is 9.27. The first-order valence-electron chi connectivity index (χ1n) is 17.2. The summed E-state index contributed by atoms with van der Waals surface area (Å²) in [6.45, 7) is 5.23. The standard InChI is InChI=1S/C41H38N6O2S2/c1-28-14-18-30(19-15-28)38-34(24-46(42-38)32-10-5-3-6-11-32)40-44(36(48)26-50-40)22-9-23-45-37(49)27-51-41(45)35-25-47(33-12-7-4-8-13-33)43-39(35)31-20-16-29(2)17-21-31/h3-8,10-21,24-25,40-41H,9,22-23,26-27H2,1-2H3. The Morgan fingerprint density at radius 2 is 0.961 bits per heavy atom. The van der Waals surface area contributed by atoms with Crippen LogP contribution in [0.5, 0.6) is 0 Å². The Morgan fingerprint density at radius 3 is 1.35 bits per heavy atom. The van der Waals surface area contributed by atoms with E-state index in [-0.39, 0.29) is 22.6 Å². The summed E-state index contributed by atoms with van der Waals surface area (Å²) < 4.78 is 3.83. The third-order valence-corrected chi connectivity index (χ3v) is 11.9. The predicted molar refractivity (Wildman–Crippen MR) is 206 cm³/mol. The van der Waals surface area contributed by atoms with E-state index in [1.54, 1.807) is 23.5 Å². The maximum atomic E-state index is 13.4. The van der Waals surface area contributed by atoms with Gasteiger partial charge in [-0.3, -0.25) is 9.59 Å². The molecule has 256 valence electrons. The molecule has 0 N–H and O–H groups in total. The van der Waals surface area contributed by atoms with E-state index in [2.05, 4.69) is 74.8 Å². The molecule has 2 atom stereocenters. The average Bonchev–Trinajstić information content (AvgIpc) is 3.96. The zero-order valence-electron chi connectivity index (χ0n) is 28.6. The zero-order chi connectivity index (χ0) is 34.9. The summed E-state index contributed by atoms with van der Waals surface area (Å²) >= 11 is 3.28. The molecule has 2 aliphatic heterocycles. The molecule has 6 aromatic rings. The van der Waals surface area contributed by atoms with E-state index < -0.39 is 0 Å². The van der Waals surface area contributed by atoms with Crippen molar-refractivity contribution in [3.8, 4) is 33.9 Å². The van der Waals surface area contributed by atoms with Crippen LogP contribution >= 0.6 is 23.5 Å². The van der Waals surface area contributed by atoms with Crippen LogP contribution in [0, 0.1) is 13.8 Å². The van der Waals surface area contributed by atoms with Gasteiger partial charge in [-0.15, -0.1) is 23.5 Å². The fourth-order valence-corrected chi connectivity index (χ4v) is 9.19. The number of aryl methyl sites for hydroxylation is 2. The first-order valence-corrected chi connectivity index (χ1v) is 19.3. The molecule has 8 nitrogen and oxygen atoms in total. The lowest BCUT2D eigenvalue weighted by Gasteiger charge is -2.27. The van der Waals surface area contributed by atoms with E-state index in [9.17, 15) is 9.59 Å². The van der Waals surface area contributed by atoms with Crippen molar-refractivity contribution in [2.24, 2.45) is 0 Å². The third-order valence-electron chi connectivity index (χ3n) is 9.44. The van der Waals surface area contributed by atoms with Gasteiger partial charge in [-0.05, 0) is 44.5 Å². The molecule has 51 heavy (non-hydrogen) atoms. The summed E-state index contributed by atoms with van der Waals surface area (Å²) in [4.78, 5) is 30.8. The van der Waals surface area contributed by atoms with Crippen molar-refractivity contribution >= 4 is 35.3 Å². The van der Waals surface area contributed by atoms with Gasteiger partial charge in [0.1, 0.15) is 10.7 Å². The lowest BCUT2D eigenvalue weighted by Crippen LogP contribution is -2.34. The molecule has 2 fully saturated rings. The van der Waals surface area contributed by atoms with Gasteiger partial charge in [-0.25, -0.2) is 9.36 Å². The highest BCUT2D eigenvalue weighted by atomic mass is 32.2. The third kappa shape index (κ3) is 6.73. The van der Waals surface area contributed by atoms with Crippen molar-refractivity contribution in [1.29, 1.82) is 0 Å². The number of carbonyl (C=O) groups excluding carboxylic acids is 2. The van der Waals surface area contributed by atoms with Crippen LogP contribution in [0.3, 0.4) is 0 Å². The van der Waals surface area contributed by atoms with Gasteiger partial charge in [-0.1, -0.05) is 96.1 Å². The Bertz CT molecular complexity index is 2010. The molecule has 4 aromatic carbocycles. The van der Waals surface area contributed by atoms with Gasteiger partial charge in [0.25, 0.3) is 0 Å². The topological polar surface area (TPSA) is 76.3 Å². The van der Waals surface area contributed by atoms with Crippen LogP contribution in [0.2, 0.25) is 0 Å². The van der Waals surface area contributed by atoms with Crippen LogP contribution < -0.4 is 0 Å². The number of para-hydroxylation sites is 2. The smallest absolute Gasteiger partial charge is 0.233 e. The Balaban J connectivity index is 1.06. The summed E-state index contributed by atoms with van der Waals surface area (Å²) in [5.74, 6) is 1.04. The van der Waals surface area contributed by atoms with Crippen LogP contribution in [-0.4, -0.2) is 65.8 Å². The number of thioether (sulfide) groups is 2. The van der Waals surface area contributed by atoms with E-state index in [4.69, 9.17) is 10.2 Å². The molecule has 2 aliphatic rings. The van der Waals surface area contributed by atoms with Crippen molar-refractivity contribution in [2.45, 2.75) is 31.0 Å². The fraction of sp³-hybridized carbons (Fsp3) is 0.220. The number of nitrogens with zero attached hydrogens (tertiary/aromatic N) is 6. The largest absolute Gasteiger partial charge is 0.326 e. The summed E-state index contributed by atoms with van der Waals surface area (Å²) in [6.07, 6.45) is 4.80. The SMILES string of the molecule is Cc1ccc(-c2nn(-c3ccccc3)cc2C2SCC(=O)N2CCCN2C(=O)CSC2c2cn(-c3ccccc3)nc2-c2ccc(C)cc2)cc1. The summed E-state index contributed by atoms with van der Waals surface area (Å²) in [5.41, 5.74) is 10.1. The number of amides is 2. The molecule has 2 aromatic heterocycles. The number of aromatic nitrogens is 4. The van der Waals surface area contributed by atoms with Crippen LogP contribution in [-0.2, 0) is 9.59 Å². The highest BCUT2D eigenvalue weighted by Crippen LogP contribution is 2.45. The van der Waals surface area contributed by atoms with E-state index in [0.717, 1.165) is 45.0 Å². The summed E-state index contributed by atoms with van der Waals surface area (Å²) in [6, 6.07) is 37.0. The quantitative estimate of drug-likeness (QED) is 0.143. The summed E-state index contributed by atoms with van der Waals surface area (Å²) in [7, 11) is 0. The minimum atomic E-state index is -0.178. The van der Waals surface area contributed by atoms with Gasteiger partial charge in [0.15, 0.2) is 0 Å². The molecule has 0 aliphatic carbocycles. The lowest BCUT2D eigenvalue weighted by atomic mass is 10.1. The van der Waals surface area contributed by atoms with Crippen molar-refractivity contribution in [3.05, 3.63) is 144 Å². The molecule has 2 amide bonds. The molecule has 4 heterocycles. The molecule has 10 heteroatoms. The second kappa shape index (κ2) is 14.3. The van der Waals surface area contributed by atoms with Crippen molar-refractivity contribution in [2.75, 3.05) is 24.6 Å². The first-order chi connectivity index (χ1) is 24.9. The average molecular weight is 711 g/mol. The molecule has 0 saturated carbocycles. The number of benzene rings is 4. The van der Waals surface area contributed by atoms with Crippen molar-refractivity contribution in [1.82, 2.24) is 29.4 Å². The minimum Gasteiger partial charge on any atom is -0.326 e. The minimum absolute atomic E-state index is 0.108. The van der Waals surface area contributed by atoms with Gasteiger partial charge < -0.3 is 9.80 Å². The second-order valence-corrected chi connectivity index (χ2v) is 15.1. The molecule has 2 saturated heterocycles. The van der Waals surface area contributed by atoms with E-state index in [1.807, 2.05) is 79.8 Å². The van der Waals surface area contributed by atoms with E-state index >= 15 is 0 Å². The number of rotatable bonds is 10. The van der Waals surface area contributed by atoms with Crippen molar-refractivity contribution < 1.29 is 9.59 Å². The van der Waals surface area contributed by atoms with Gasteiger partial charge in [0, 0.05) is 47.7 Å². The Labute approximate surface area is 306 Å². The highest BCUT2D eigenvalue weighted by molar-refractivity contribution is 8.00. The Hall–Kier alpha value is -5.06. The molecule has 8 rings (SSSR count). The maximum absolute atomic E-state index is 13.4.